The van der Waals surface area contributed by atoms with Crippen LogP contribution in [-0.4, -0.2) is 10.9 Å². The Hall–Kier alpha value is -1.69. The monoisotopic (exact) mass is 305 g/mol. The Bertz CT molecular complexity index is 632. The van der Waals surface area contributed by atoms with Crippen molar-refractivity contribution in [2.45, 2.75) is 13.0 Å². The van der Waals surface area contributed by atoms with Gasteiger partial charge in [-0.3, -0.25) is 4.98 Å². The maximum atomic E-state index is 6.08. The van der Waals surface area contributed by atoms with Crippen LogP contribution in [0.15, 0.2) is 42.7 Å². The molecule has 0 N–H and O–H groups in total. The average Bonchev–Trinajstić information content (AvgIpc) is 2.47. The van der Waals surface area contributed by atoms with Crippen molar-refractivity contribution >= 4 is 23.2 Å². The Morgan fingerprint density at radius 1 is 1.20 bits per heavy atom. The highest BCUT2D eigenvalue weighted by Crippen LogP contribution is 2.18. The van der Waals surface area contributed by atoms with Gasteiger partial charge >= 0.3 is 0 Å². The van der Waals surface area contributed by atoms with Gasteiger partial charge in [0.1, 0.15) is 12.4 Å². The third-order valence-electron chi connectivity index (χ3n) is 2.52. The molecule has 102 valence electrons. The first-order valence-corrected chi connectivity index (χ1v) is 7.07. The molecule has 2 nitrogen and oxygen atoms in total. The van der Waals surface area contributed by atoms with Crippen LogP contribution < -0.4 is 4.74 Å². The SMILES string of the molecule is ClCCC#Cc1cncc(OCc2ccccc2Cl)c1. The fraction of sp³-hybridized carbons (Fsp3) is 0.188. The zero-order valence-electron chi connectivity index (χ0n) is 10.8. The van der Waals surface area contributed by atoms with Crippen molar-refractivity contribution in [1.82, 2.24) is 4.98 Å². The lowest BCUT2D eigenvalue weighted by Gasteiger charge is -2.07. The average molecular weight is 306 g/mol. The van der Waals surface area contributed by atoms with Crippen LogP contribution in [0.5, 0.6) is 5.75 Å². The zero-order valence-corrected chi connectivity index (χ0v) is 12.3. The lowest BCUT2D eigenvalue weighted by molar-refractivity contribution is 0.305. The molecule has 0 unspecified atom stereocenters. The number of hydrogen-bond acceptors (Lipinski definition) is 2. The number of halogens is 2. The van der Waals surface area contributed by atoms with Crippen LogP contribution in [0.25, 0.3) is 0 Å². The molecular weight excluding hydrogens is 293 g/mol. The van der Waals surface area contributed by atoms with Gasteiger partial charge in [-0.05, 0) is 12.1 Å². The first kappa shape index (κ1) is 14.7. The van der Waals surface area contributed by atoms with Gasteiger partial charge in [-0.25, -0.2) is 0 Å². The number of alkyl halides is 1. The summed E-state index contributed by atoms with van der Waals surface area (Å²) in [6.45, 7) is 0.403. The predicted molar refractivity (Wildman–Crippen MR) is 82.2 cm³/mol. The van der Waals surface area contributed by atoms with Crippen molar-refractivity contribution in [3.63, 3.8) is 0 Å². The number of aromatic nitrogens is 1. The second-order valence-electron chi connectivity index (χ2n) is 4.03. The Balaban J connectivity index is 2.02. The molecule has 0 radical (unpaired) electrons. The minimum Gasteiger partial charge on any atom is -0.487 e. The summed E-state index contributed by atoms with van der Waals surface area (Å²) in [5, 5.41) is 0.693. The molecule has 0 saturated heterocycles. The van der Waals surface area contributed by atoms with E-state index < -0.39 is 0 Å². The lowest BCUT2D eigenvalue weighted by Crippen LogP contribution is -1.96. The minimum absolute atomic E-state index is 0.403. The first-order chi connectivity index (χ1) is 9.79. The highest BCUT2D eigenvalue weighted by molar-refractivity contribution is 6.31. The van der Waals surface area contributed by atoms with Crippen molar-refractivity contribution in [2.75, 3.05) is 5.88 Å². The van der Waals surface area contributed by atoms with E-state index in [1.54, 1.807) is 12.4 Å². The molecule has 0 bridgehead atoms. The lowest BCUT2D eigenvalue weighted by atomic mass is 10.2. The van der Waals surface area contributed by atoms with Crippen LogP contribution >= 0.6 is 23.2 Å². The van der Waals surface area contributed by atoms with Gasteiger partial charge < -0.3 is 4.74 Å². The van der Waals surface area contributed by atoms with E-state index in [0.717, 1.165) is 11.1 Å². The van der Waals surface area contributed by atoms with Crippen molar-refractivity contribution in [1.29, 1.82) is 0 Å². The van der Waals surface area contributed by atoms with Crippen LogP contribution in [0, 0.1) is 11.8 Å². The topological polar surface area (TPSA) is 22.1 Å². The van der Waals surface area contributed by atoms with E-state index in [1.165, 1.54) is 0 Å². The number of rotatable bonds is 4. The van der Waals surface area contributed by atoms with E-state index >= 15 is 0 Å². The summed E-state index contributed by atoms with van der Waals surface area (Å²) in [6.07, 6.45) is 4.01. The zero-order chi connectivity index (χ0) is 14.2. The molecule has 1 aromatic carbocycles. The van der Waals surface area contributed by atoms with Gasteiger partial charge in [0.05, 0.1) is 6.20 Å². The van der Waals surface area contributed by atoms with E-state index in [2.05, 4.69) is 16.8 Å². The standard InChI is InChI=1S/C16H13Cl2NO/c17-8-4-3-5-13-9-15(11-19-10-13)20-12-14-6-1-2-7-16(14)18/h1-2,6-7,9-11H,4,8,12H2. The fourth-order valence-electron chi connectivity index (χ4n) is 1.55. The van der Waals surface area contributed by atoms with Gasteiger partial charge in [0, 0.05) is 34.6 Å². The maximum Gasteiger partial charge on any atom is 0.139 e. The van der Waals surface area contributed by atoms with E-state index in [9.17, 15) is 0 Å². The Labute approximate surface area is 128 Å². The quantitative estimate of drug-likeness (QED) is 0.621. The highest BCUT2D eigenvalue weighted by atomic mass is 35.5. The van der Waals surface area contributed by atoms with Crippen LogP contribution in [0.1, 0.15) is 17.5 Å². The summed E-state index contributed by atoms with van der Waals surface area (Å²) in [5.41, 5.74) is 1.75. The van der Waals surface area contributed by atoms with Gasteiger partial charge in [0.15, 0.2) is 0 Å². The van der Waals surface area contributed by atoms with Crippen LogP contribution in [0.2, 0.25) is 5.02 Å². The molecule has 0 fully saturated rings. The molecule has 20 heavy (non-hydrogen) atoms. The van der Waals surface area contributed by atoms with Crippen LogP contribution in [0.3, 0.4) is 0 Å². The first-order valence-electron chi connectivity index (χ1n) is 6.15. The van der Waals surface area contributed by atoms with Crippen molar-refractivity contribution in [2.24, 2.45) is 0 Å². The summed E-state index contributed by atoms with van der Waals surface area (Å²) in [6, 6.07) is 9.44. The summed E-state index contributed by atoms with van der Waals surface area (Å²) < 4.78 is 5.68. The van der Waals surface area contributed by atoms with Gasteiger partial charge in [-0.15, -0.1) is 11.6 Å². The number of ether oxygens (including phenoxy) is 1. The molecule has 4 heteroatoms. The summed E-state index contributed by atoms with van der Waals surface area (Å²) in [7, 11) is 0. The molecule has 0 aliphatic carbocycles. The van der Waals surface area contributed by atoms with Crippen LogP contribution in [0.4, 0.5) is 0 Å². The van der Waals surface area contributed by atoms with Crippen molar-refractivity contribution in [3.05, 3.63) is 58.9 Å². The molecule has 0 spiro atoms. The Morgan fingerprint density at radius 3 is 2.85 bits per heavy atom. The predicted octanol–water partition coefficient (Wildman–Crippen LogP) is 4.29. The van der Waals surface area contributed by atoms with E-state index in [-0.39, 0.29) is 0 Å². The molecular formula is C16H13Cl2NO. The third-order valence-corrected chi connectivity index (χ3v) is 3.08. The summed E-state index contributed by atoms with van der Waals surface area (Å²) in [4.78, 5) is 4.10. The van der Waals surface area contributed by atoms with E-state index in [0.29, 0.717) is 29.7 Å². The summed E-state index contributed by atoms with van der Waals surface area (Å²) in [5.74, 6) is 7.16. The molecule has 1 aromatic heterocycles. The number of hydrogen-bond donors (Lipinski definition) is 0. The fourth-order valence-corrected chi connectivity index (χ4v) is 1.84. The normalized spacial score (nSPS) is 9.70. The van der Waals surface area contributed by atoms with Gasteiger partial charge in [-0.1, -0.05) is 41.6 Å². The largest absolute Gasteiger partial charge is 0.487 e. The van der Waals surface area contributed by atoms with Gasteiger partial charge in [0.2, 0.25) is 0 Å². The smallest absolute Gasteiger partial charge is 0.139 e. The molecule has 1 heterocycles. The van der Waals surface area contributed by atoms with Crippen molar-refractivity contribution < 1.29 is 4.74 Å². The van der Waals surface area contributed by atoms with Gasteiger partial charge in [-0.2, -0.15) is 0 Å². The molecule has 0 amide bonds. The third kappa shape index (κ3) is 4.45. The number of pyridine rings is 1. The molecule has 2 rings (SSSR count). The molecule has 0 aliphatic heterocycles. The Kier molecular flexibility index (Phi) is 5.73. The Morgan fingerprint density at radius 2 is 2.05 bits per heavy atom. The minimum atomic E-state index is 0.403. The number of nitrogens with zero attached hydrogens (tertiary/aromatic N) is 1. The number of benzene rings is 1. The highest BCUT2D eigenvalue weighted by Gasteiger charge is 2.01. The van der Waals surface area contributed by atoms with Crippen LogP contribution in [-0.2, 0) is 6.61 Å². The maximum absolute atomic E-state index is 6.08. The molecule has 0 saturated carbocycles. The second-order valence-corrected chi connectivity index (χ2v) is 4.82. The van der Waals surface area contributed by atoms with E-state index in [4.69, 9.17) is 27.9 Å². The summed E-state index contributed by atoms with van der Waals surface area (Å²) >= 11 is 11.7. The molecule has 0 atom stereocenters. The van der Waals surface area contributed by atoms with E-state index in [1.807, 2.05) is 30.3 Å². The molecule has 2 aromatic rings. The second kappa shape index (κ2) is 7.79. The van der Waals surface area contributed by atoms with Gasteiger partial charge in [0.25, 0.3) is 0 Å². The van der Waals surface area contributed by atoms with Crippen molar-refractivity contribution in [3.8, 4) is 17.6 Å². The molecule has 0 aliphatic rings.